The van der Waals surface area contributed by atoms with E-state index in [0.29, 0.717) is 5.75 Å². The zero-order chi connectivity index (χ0) is 19.1. The van der Waals surface area contributed by atoms with Gasteiger partial charge in [-0.25, -0.2) is 4.79 Å². The molecule has 0 unspecified atom stereocenters. The summed E-state index contributed by atoms with van der Waals surface area (Å²) in [4.78, 5) is 23.8. The normalized spacial score (nSPS) is 14.0. The van der Waals surface area contributed by atoms with E-state index in [4.69, 9.17) is 9.47 Å². The number of amides is 1. The largest absolute Gasteiger partial charge is 0.482 e. The van der Waals surface area contributed by atoms with Gasteiger partial charge in [0, 0.05) is 0 Å². The van der Waals surface area contributed by atoms with E-state index in [1.165, 1.54) is 24.0 Å². The summed E-state index contributed by atoms with van der Waals surface area (Å²) in [6, 6.07) is 15.3. The van der Waals surface area contributed by atoms with E-state index in [0.717, 1.165) is 18.4 Å². The number of hydrogen-bond acceptors (Lipinski definition) is 4. The Morgan fingerprint density at radius 3 is 2.52 bits per heavy atom. The van der Waals surface area contributed by atoms with Crippen LogP contribution in [-0.2, 0) is 27.2 Å². The Morgan fingerprint density at radius 1 is 1.00 bits per heavy atom. The third-order valence-electron chi connectivity index (χ3n) is 4.71. The molecule has 1 aliphatic rings. The first-order chi connectivity index (χ1) is 13.1. The number of aryl methyl sites for hydroxylation is 2. The van der Waals surface area contributed by atoms with E-state index in [1.807, 2.05) is 25.1 Å². The Labute approximate surface area is 159 Å². The standard InChI is InChI=1S/C22H25NO4/c1-16(18-12-11-17-7-5-6-8-19(17)13-18)23-21(24)14-27-22(25)15-26-20-9-3-2-4-10-20/h2-4,9-13,16H,5-8,14-15H2,1H3,(H,23,24)/t16-/m0/s1. The second-order valence-electron chi connectivity index (χ2n) is 6.79. The number of ether oxygens (including phenoxy) is 2. The summed E-state index contributed by atoms with van der Waals surface area (Å²) in [7, 11) is 0. The number of nitrogens with one attached hydrogen (secondary N) is 1. The van der Waals surface area contributed by atoms with E-state index in [9.17, 15) is 9.59 Å². The summed E-state index contributed by atoms with van der Waals surface area (Å²) in [5.41, 5.74) is 3.86. The van der Waals surface area contributed by atoms with Crippen LogP contribution in [0.1, 0.15) is 42.5 Å². The maximum atomic E-state index is 12.1. The zero-order valence-corrected chi connectivity index (χ0v) is 15.6. The van der Waals surface area contributed by atoms with Gasteiger partial charge in [-0.05, 0) is 61.4 Å². The Bertz CT molecular complexity index is 788. The van der Waals surface area contributed by atoms with Crippen molar-refractivity contribution in [2.75, 3.05) is 13.2 Å². The third-order valence-corrected chi connectivity index (χ3v) is 4.71. The molecule has 3 rings (SSSR count). The molecule has 0 fully saturated rings. The fraction of sp³-hybridized carbons (Fsp3) is 0.364. The van der Waals surface area contributed by atoms with Crippen LogP contribution in [0.2, 0.25) is 0 Å². The van der Waals surface area contributed by atoms with Crippen molar-refractivity contribution in [3.8, 4) is 5.75 Å². The number of rotatable bonds is 7. The summed E-state index contributed by atoms with van der Waals surface area (Å²) in [6.45, 7) is 1.40. The lowest BCUT2D eigenvalue weighted by molar-refractivity contribution is -0.150. The molecule has 2 aromatic rings. The minimum absolute atomic E-state index is 0.135. The first kappa shape index (κ1) is 19.0. The smallest absolute Gasteiger partial charge is 0.344 e. The van der Waals surface area contributed by atoms with Crippen molar-refractivity contribution in [1.29, 1.82) is 0 Å². The van der Waals surface area contributed by atoms with Gasteiger partial charge in [0.1, 0.15) is 5.75 Å². The lowest BCUT2D eigenvalue weighted by Gasteiger charge is -2.20. The number of hydrogen-bond donors (Lipinski definition) is 1. The van der Waals surface area contributed by atoms with E-state index < -0.39 is 5.97 Å². The van der Waals surface area contributed by atoms with Crippen LogP contribution in [0, 0.1) is 0 Å². The topological polar surface area (TPSA) is 64.6 Å². The van der Waals surface area contributed by atoms with Gasteiger partial charge in [0.15, 0.2) is 13.2 Å². The van der Waals surface area contributed by atoms with Gasteiger partial charge in [0.05, 0.1) is 6.04 Å². The predicted octanol–water partition coefficient (Wildman–Crippen LogP) is 3.36. The number of carbonyl (C=O) groups is 2. The van der Waals surface area contributed by atoms with Crippen molar-refractivity contribution in [2.45, 2.75) is 38.6 Å². The fourth-order valence-electron chi connectivity index (χ4n) is 3.24. The molecule has 0 aromatic heterocycles. The molecule has 0 aliphatic heterocycles. The highest BCUT2D eigenvalue weighted by atomic mass is 16.6. The lowest BCUT2D eigenvalue weighted by atomic mass is 9.89. The average Bonchev–Trinajstić information content (AvgIpc) is 2.71. The summed E-state index contributed by atoms with van der Waals surface area (Å²) in [6.07, 6.45) is 4.70. The third kappa shape index (κ3) is 5.58. The molecule has 142 valence electrons. The van der Waals surface area contributed by atoms with Gasteiger partial charge < -0.3 is 14.8 Å². The monoisotopic (exact) mass is 367 g/mol. The molecular formula is C22H25NO4. The summed E-state index contributed by atoms with van der Waals surface area (Å²) < 4.78 is 10.3. The molecule has 1 aliphatic carbocycles. The quantitative estimate of drug-likeness (QED) is 0.762. The van der Waals surface area contributed by atoms with Crippen LogP contribution in [-0.4, -0.2) is 25.1 Å². The number of esters is 1. The van der Waals surface area contributed by atoms with Crippen LogP contribution >= 0.6 is 0 Å². The van der Waals surface area contributed by atoms with Crippen LogP contribution in [0.25, 0.3) is 0 Å². The van der Waals surface area contributed by atoms with Crippen molar-refractivity contribution in [1.82, 2.24) is 5.32 Å². The van der Waals surface area contributed by atoms with E-state index >= 15 is 0 Å². The van der Waals surface area contributed by atoms with Gasteiger partial charge in [-0.1, -0.05) is 36.4 Å². The molecule has 0 heterocycles. The second-order valence-corrected chi connectivity index (χ2v) is 6.79. The zero-order valence-electron chi connectivity index (χ0n) is 15.6. The molecule has 0 spiro atoms. The first-order valence-corrected chi connectivity index (χ1v) is 9.36. The maximum absolute atomic E-state index is 12.1. The summed E-state index contributed by atoms with van der Waals surface area (Å²) >= 11 is 0. The van der Waals surface area contributed by atoms with E-state index in [-0.39, 0.29) is 25.2 Å². The van der Waals surface area contributed by atoms with Crippen molar-refractivity contribution in [3.05, 3.63) is 65.2 Å². The highest BCUT2D eigenvalue weighted by Gasteiger charge is 2.15. The summed E-state index contributed by atoms with van der Waals surface area (Å²) in [5, 5.41) is 2.88. The molecule has 0 saturated heterocycles. The number of carbonyl (C=O) groups excluding carboxylic acids is 2. The Kier molecular flexibility index (Phi) is 6.47. The van der Waals surface area contributed by atoms with Crippen molar-refractivity contribution < 1.29 is 19.1 Å². The highest BCUT2D eigenvalue weighted by Crippen LogP contribution is 2.24. The van der Waals surface area contributed by atoms with Crippen LogP contribution in [0.3, 0.4) is 0 Å². The molecule has 5 nitrogen and oxygen atoms in total. The molecule has 1 atom stereocenters. The molecule has 0 saturated carbocycles. The van der Waals surface area contributed by atoms with Gasteiger partial charge in [-0.2, -0.15) is 0 Å². The minimum atomic E-state index is -0.574. The fourth-order valence-corrected chi connectivity index (χ4v) is 3.24. The van der Waals surface area contributed by atoms with E-state index in [1.54, 1.807) is 12.1 Å². The predicted molar refractivity (Wildman–Crippen MR) is 103 cm³/mol. The Balaban J connectivity index is 1.42. The van der Waals surface area contributed by atoms with Crippen molar-refractivity contribution in [3.63, 3.8) is 0 Å². The Hall–Kier alpha value is -2.82. The number of para-hydroxylation sites is 1. The molecule has 0 bridgehead atoms. The van der Waals surface area contributed by atoms with Crippen LogP contribution < -0.4 is 10.1 Å². The molecular weight excluding hydrogens is 342 g/mol. The first-order valence-electron chi connectivity index (χ1n) is 9.36. The second kappa shape index (κ2) is 9.21. The van der Waals surface area contributed by atoms with Gasteiger partial charge in [0.2, 0.25) is 0 Å². The molecule has 1 amide bonds. The SMILES string of the molecule is C[C@H](NC(=O)COC(=O)COc1ccccc1)c1ccc2c(c1)CCCC2. The number of fused-ring (bicyclic) bond motifs is 1. The molecule has 1 N–H and O–H groups in total. The molecule has 0 radical (unpaired) electrons. The van der Waals surface area contributed by atoms with Crippen molar-refractivity contribution in [2.24, 2.45) is 0 Å². The number of benzene rings is 2. The van der Waals surface area contributed by atoms with Crippen LogP contribution in [0.5, 0.6) is 5.75 Å². The molecule has 5 heteroatoms. The van der Waals surface area contributed by atoms with Crippen LogP contribution in [0.15, 0.2) is 48.5 Å². The van der Waals surface area contributed by atoms with Crippen molar-refractivity contribution >= 4 is 11.9 Å². The van der Waals surface area contributed by atoms with Crippen LogP contribution in [0.4, 0.5) is 0 Å². The van der Waals surface area contributed by atoms with Gasteiger partial charge >= 0.3 is 5.97 Å². The van der Waals surface area contributed by atoms with Gasteiger partial charge in [-0.15, -0.1) is 0 Å². The molecule has 27 heavy (non-hydrogen) atoms. The minimum Gasteiger partial charge on any atom is -0.482 e. The molecule has 2 aromatic carbocycles. The van der Waals surface area contributed by atoms with Gasteiger partial charge in [0.25, 0.3) is 5.91 Å². The lowest BCUT2D eigenvalue weighted by Crippen LogP contribution is -2.32. The van der Waals surface area contributed by atoms with E-state index in [2.05, 4.69) is 23.5 Å². The Morgan fingerprint density at radius 2 is 1.74 bits per heavy atom. The van der Waals surface area contributed by atoms with Gasteiger partial charge in [-0.3, -0.25) is 4.79 Å². The maximum Gasteiger partial charge on any atom is 0.344 e. The highest BCUT2D eigenvalue weighted by molar-refractivity contribution is 5.81. The summed E-state index contributed by atoms with van der Waals surface area (Å²) in [5.74, 6) is -0.316. The average molecular weight is 367 g/mol.